The molecule has 0 unspecified atom stereocenters. The lowest BCUT2D eigenvalue weighted by Crippen LogP contribution is -2.29. The summed E-state index contributed by atoms with van der Waals surface area (Å²) in [4.78, 5) is 32.2. The first kappa shape index (κ1) is 24.4. The number of aromatic nitrogens is 1. The maximum absolute atomic E-state index is 13.4. The Morgan fingerprint density at radius 1 is 1.05 bits per heavy atom. The molecule has 1 N–H and O–H groups in total. The molecule has 0 bridgehead atoms. The fraction of sp³-hybridized carbons (Fsp3) is 0.276. The predicted molar refractivity (Wildman–Crippen MR) is 136 cm³/mol. The quantitative estimate of drug-likeness (QED) is 0.208. The molecule has 37 heavy (non-hydrogen) atoms. The van der Waals surface area contributed by atoms with E-state index in [0.717, 1.165) is 18.4 Å². The number of aliphatic hydroxyl groups excluding tert-OH is 1. The topological polar surface area (TPSA) is 98.2 Å². The first-order valence-electron chi connectivity index (χ1n) is 12.4. The van der Waals surface area contributed by atoms with E-state index < -0.39 is 17.7 Å². The highest BCUT2D eigenvalue weighted by Crippen LogP contribution is 2.42. The zero-order chi connectivity index (χ0) is 25.8. The van der Waals surface area contributed by atoms with Gasteiger partial charge in [-0.05, 0) is 60.0 Å². The van der Waals surface area contributed by atoms with Gasteiger partial charge in [0.1, 0.15) is 24.7 Å². The van der Waals surface area contributed by atoms with Gasteiger partial charge in [-0.25, -0.2) is 0 Å². The van der Waals surface area contributed by atoms with Crippen molar-refractivity contribution >= 4 is 17.4 Å². The number of likely N-dealkylation sites (tertiary alicyclic amines) is 1. The van der Waals surface area contributed by atoms with E-state index in [1.807, 2.05) is 24.3 Å². The van der Waals surface area contributed by atoms with E-state index in [4.69, 9.17) is 14.2 Å². The van der Waals surface area contributed by atoms with Crippen molar-refractivity contribution < 1.29 is 28.9 Å². The monoisotopic (exact) mass is 500 g/mol. The standard InChI is InChI=1S/C29H28N2O6/c1-2-3-13-35-22-6-4-5-20(16-22)26-25(27(32)21-7-8-23-24(17-21)37-15-14-36-23)28(33)29(34)31(26)18-19-9-11-30-12-10-19/h4-12,16-17,26,32H,2-3,13-15,18H2,1H3/b27-25+/t26-/m1/s1. The van der Waals surface area contributed by atoms with Gasteiger partial charge in [-0.15, -0.1) is 0 Å². The molecular formula is C29H28N2O6. The summed E-state index contributed by atoms with van der Waals surface area (Å²) in [7, 11) is 0. The van der Waals surface area contributed by atoms with Gasteiger partial charge >= 0.3 is 0 Å². The van der Waals surface area contributed by atoms with Crippen LogP contribution in [0.3, 0.4) is 0 Å². The normalized spacial score (nSPS) is 18.2. The third-order valence-electron chi connectivity index (χ3n) is 6.40. The average Bonchev–Trinajstić information content (AvgIpc) is 3.18. The summed E-state index contributed by atoms with van der Waals surface area (Å²) >= 11 is 0. The molecule has 1 saturated heterocycles. The van der Waals surface area contributed by atoms with E-state index in [-0.39, 0.29) is 17.9 Å². The van der Waals surface area contributed by atoms with Gasteiger partial charge in [0.25, 0.3) is 11.7 Å². The number of ether oxygens (including phenoxy) is 3. The van der Waals surface area contributed by atoms with Crippen molar-refractivity contribution in [1.29, 1.82) is 0 Å². The highest BCUT2D eigenvalue weighted by atomic mass is 16.6. The van der Waals surface area contributed by atoms with E-state index in [1.54, 1.807) is 42.7 Å². The predicted octanol–water partition coefficient (Wildman–Crippen LogP) is 4.65. The fourth-order valence-electron chi connectivity index (χ4n) is 4.53. The summed E-state index contributed by atoms with van der Waals surface area (Å²) in [5.41, 5.74) is 1.87. The number of aliphatic hydroxyl groups is 1. The van der Waals surface area contributed by atoms with E-state index in [9.17, 15) is 14.7 Å². The Balaban J connectivity index is 1.59. The van der Waals surface area contributed by atoms with E-state index in [2.05, 4.69) is 11.9 Å². The van der Waals surface area contributed by atoms with Crippen molar-refractivity contribution in [2.45, 2.75) is 32.4 Å². The highest BCUT2D eigenvalue weighted by Gasteiger charge is 2.46. The number of unbranched alkanes of at least 4 members (excludes halogenated alkanes) is 1. The van der Waals surface area contributed by atoms with Crippen molar-refractivity contribution in [3.05, 3.63) is 89.3 Å². The Morgan fingerprint density at radius 2 is 1.84 bits per heavy atom. The lowest BCUT2D eigenvalue weighted by atomic mass is 9.95. The molecule has 2 aliphatic heterocycles. The molecule has 8 nitrogen and oxygen atoms in total. The molecule has 190 valence electrons. The average molecular weight is 501 g/mol. The van der Waals surface area contributed by atoms with Crippen molar-refractivity contribution in [2.24, 2.45) is 0 Å². The Morgan fingerprint density at radius 3 is 2.62 bits per heavy atom. The molecule has 3 heterocycles. The smallest absolute Gasteiger partial charge is 0.295 e. The van der Waals surface area contributed by atoms with Gasteiger partial charge in [0.15, 0.2) is 11.5 Å². The van der Waals surface area contributed by atoms with Crippen LogP contribution in [0.4, 0.5) is 0 Å². The maximum atomic E-state index is 13.4. The number of pyridine rings is 1. The molecule has 1 amide bonds. The largest absolute Gasteiger partial charge is 0.507 e. The summed E-state index contributed by atoms with van der Waals surface area (Å²) in [5, 5.41) is 11.4. The van der Waals surface area contributed by atoms with E-state index >= 15 is 0 Å². The Labute approximate surface area is 215 Å². The second kappa shape index (κ2) is 10.7. The van der Waals surface area contributed by atoms with Crippen LogP contribution in [0, 0.1) is 0 Å². The van der Waals surface area contributed by atoms with Crippen molar-refractivity contribution in [2.75, 3.05) is 19.8 Å². The third kappa shape index (κ3) is 5.00. The first-order chi connectivity index (χ1) is 18.1. The number of carbonyl (C=O) groups excluding carboxylic acids is 2. The molecule has 0 saturated carbocycles. The van der Waals surface area contributed by atoms with E-state index in [0.29, 0.717) is 48.2 Å². The minimum Gasteiger partial charge on any atom is -0.507 e. The zero-order valence-corrected chi connectivity index (χ0v) is 20.6. The number of hydrogen-bond acceptors (Lipinski definition) is 7. The number of carbonyl (C=O) groups is 2. The van der Waals surface area contributed by atoms with Crippen LogP contribution in [0.1, 0.15) is 42.5 Å². The van der Waals surface area contributed by atoms with Gasteiger partial charge < -0.3 is 24.2 Å². The molecule has 5 rings (SSSR count). The van der Waals surface area contributed by atoms with Crippen LogP contribution in [0.5, 0.6) is 17.2 Å². The SMILES string of the molecule is CCCCOc1cccc([C@@H]2/C(=C(\O)c3ccc4c(c3)OCCO4)C(=O)C(=O)N2Cc2ccncc2)c1. The van der Waals surface area contributed by atoms with Crippen molar-refractivity contribution in [3.8, 4) is 17.2 Å². The molecule has 1 aromatic heterocycles. The minimum atomic E-state index is -0.809. The van der Waals surface area contributed by atoms with Crippen LogP contribution in [-0.2, 0) is 16.1 Å². The lowest BCUT2D eigenvalue weighted by Gasteiger charge is -2.26. The van der Waals surface area contributed by atoms with Crippen molar-refractivity contribution in [3.63, 3.8) is 0 Å². The molecule has 8 heteroatoms. The number of fused-ring (bicyclic) bond motifs is 1. The Kier molecular flexibility index (Phi) is 7.07. The highest BCUT2D eigenvalue weighted by molar-refractivity contribution is 6.46. The molecule has 3 aromatic rings. The van der Waals surface area contributed by atoms with Gasteiger partial charge in [0, 0.05) is 24.5 Å². The molecule has 1 fully saturated rings. The van der Waals surface area contributed by atoms with Crippen molar-refractivity contribution in [1.82, 2.24) is 9.88 Å². The van der Waals surface area contributed by atoms with Gasteiger partial charge in [0.2, 0.25) is 0 Å². The molecule has 0 aliphatic carbocycles. The molecule has 2 aliphatic rings. The number of rotatable bonds is 8. The second-order valence-electron chi connectivity index (χ2n) is 8.92. The molecule has 0 radical (unpaired) electrons. The van der Waals surface area contributed by atoms with Crippen LogP contribution in [-0.4, -0.2) is 46.5 Å². The maximum Gasteiger partial charge on any atom is 0.295 e. The molecule has 2 aromatic carbocycles. The summed E-state index contributed by atoms with van der Waals surface area (Å²) in [6, 6.07) is 15.1. The number of amides is 1. The third-order valence-corrected chi connectivity index (χ3v) is 6.40. The number of hydrogen-bond donors (Lipinski definition) is 1. The van der Waals surface area contributed by atoms with Crippen LogP contribution < -0.4 is 14.2 Å². The molecule has 1 atom stereocenters. The summed E-state index contributed by atoms with van der Waals surface area (Å²) in [6.07, 6.45) is 5.19. The lowest BCUT2D eigenvalue weighted by molar-refractivity contribution is -0.140. The zero-order valence-electron chi connectivity index (χ0n) is 20.6. The fourth-order valence-corrected chi connectivity index (χ4v) is 4.53. The van der Waals surface area contributed by atoms with Crippen LogP contribution in [0.25, 0.3) is 5.76 Å². The molecule has 0 spiro atoms. The van der Waals surface area contributed by atoms with Gasteiger partial charge in [0.05, 0.1) is 18.2 Å². The summed E-state index contributed by atoms with van der Waals surface area (Å²) < 4.78 is 17.1. The van der Waals surface area contributed by atoms with Gasteiger partial charge in [-0.1, -0.05) is 25.5 Å². The first-order valence-corrected chi connectivity index (χ1v) is 12.4. The molecular weight excluding hydrogens is 472 g/mol. The summed E-state index contributed by atoms with van der Waals surface area (Å²) in [6.45, 7) is 3.66. The van der Waals surface area contributed by atoms with Crippen LogP contribution in [0.15, 0.2) is 72.6 Å². The minimum absolute atomic E-state index is 0.0152. The van der Waals surface area contributed by atoms with Gasteiger partial charge in [-0.3, -0.25) is 14.6 Å². The Hall–Kier alpha value is -4.33. The second-order valence-corrected chi connectivity index (χ2v) is 8.92. The van der Waals surface area contributed by atoms with Crippen LogP contribution >= 0.6 is 0 Å². The van der Waals surface area contributed by atoms with Crippen LogP contribution in [0.2, 0.25) is 0 Å². The van der Waals surface area contributed by atoms with E-state index in [1.165, 1.54) is 4.90 Å². The number of nitrogens with zero attached hydrogens (tertiary/aromatic N) is 2. The summed E-state index contributed by atoms with van der Waals surface area (Å²) in [5.74, 6) is -0.0183. The number of benzene rings is 2. The Bertz CT molecular complexity index is 1340. The van der Waals surface area contributed by atoms with Gasteiger partial charge in [-0.2, -0.15) is 0 Å². The number of ketones is 1. The number of Topliss-reactive ketones (excluding diaryl/α,β-unsaturated/α-hetero) is 1.